The Morgan fingerprint density at radius 3 is 2.64 bits per heavy atom. The summed E-state index contributed by atoms with van der Waals surface area (Å²) in [4.78, 5) is 13.2. The van der Waals surface area contributed by atoms with Crippen molar-refractivity contribution >= 4 is 5.52 Å². The fraction of sp³-hybridized carbons (Fsp3) is 0.400. The van der Waals surface area contributed by atoms with Gasteiger partial charge in [-0.3, -0.25) is 14.3 Å². The Bertz CT molecular complexity index is 1450. The molecule has 4 aromatic rings. The smallest absolute Gasteiger partial charge is 0.378 e. The number of aromatic nitrogens is 5. The van der Waals surface area contributed by atoms with Crippen LogP contribution in [0.4, 0.5) is 13.2 Å². The molecular formula is C25H27F3N6O2. The number of aryl methyl sites for hydroxylation is 1. The summed E-state index contributed by atoms with van der Waals surface area (Å²) in [6, 6.07) is 7.72. The van der Waals surface area contributed by atoms with Crippen molar-refractivity contribution in [3.05, 3.63) is 82.1 Å². The molecule has 1 unspecified atom stereocenters. The maximum absolute atomic E-state index is 13.6. The number of hydrogen-bond donors (Lipinski definition) is 2. The van der Waals surface area contributed by atoms with Gasteiger partial charge in [0.15, 0.2) is 0 Å². The Kier molecular flexibility index (Phi) is 6.21. The van der Waals surface area contributed by atoms with E-state index in [0.29, 0.717) is 11.6 Å². The molecule has 1 aromatic carbocycles. The minimum atomic E-state index is -4.60. The summed E-state index contributed by atoms with van der Waals surface area (Å²) in [7, 11) is 3.51. The number of imidazole rings is 1. The number of benzene rings is 1. The van der Waals surface area contributed by atoms with E-state index in [2.05, 4.69) is 15.5 Å². The van der Waals surface area contributed by atoms with Crippen LogP contribution in [0.5, 0.6) is 0 Å². The van der Waals surface area contributed by atoms with Crippen molar-refractivity contribution in [2.24, 2.45) is 13.0 Å². The van der Waals surface area contributed by atoms with Gasteiger partial charge in [0.1, 0.15) is 18.4 Å². The van der Waals surface area contributed by atoms with E-state index in [9.17, 15) is 23.1 Å². The van der Waals surface area contributed by atoms with E-state index < -0.39 is 23.7 Å². The summed E-state index contributed by atoms with van der Waals surface area (Å²) in [6.45, 7) is 0. The second-order valence-electron chi connectivity index (χ2n) is 9.37. The molecule has 0 amide bonds. The molecule has 3 heterocycles. The fourth-order valence-corrected chi connectivity index (χ4v) is 4.98. The highest BCUT2D eigenvalue weighted by atomic mass is 19.4. The molecule has 0 aliphatic heterocycles. The van der Waals surface area contributed by atoms with Crippen LogP contribution in [0, 0.1) is 5.92 Å². The Balaban J connectivity index is 1.71. The summed E-state index contributed by atoms with van der Waals surface area (Å²) in [6.07, 6.45) is 2.15. The Hall–Kier alpha value is -3.44. The predicted octanol–water partition coefficient (Wildman–Crippen LogP) is 3.25. The first-order valence-electron chi connectivity index (χ1n) is 11.8. The molecule has 8 nitrogen and oxygen atoms in total. The topological polar surface area (TPSA) is 89.4 Å². The molecule has 0 spiro atoms. The van der Waals surface area contributed by atoms with Crippen LogP contribution in [0.3, 0.4) is 0 Å². The highest BCUT2D eigenvalue weighted by Gasteiger charge is 2.35. The number of hydrogen-bond acceptors (Lipinski definition) is 5. The van der Waals surface area contributed by atoms with Crippen LogP contribution < -0.4 is 11.0 Å². The lowest BCUT2D eigenvalue weighted by atomic mass is 9.72. The molecule has 0 saturated heterocycles. The van der Waals surface area contributed by atoms with Crippen LogP contribution in [0.15, 0.2) is 53.8 Å². The summed E-state index contributed by atoms with van der Waals surface area (Å²) in [5.41, 5.74) is 0.348. The number of likely N-dealkylation sites (N-methyl/N-ethyl adjacent to an activating group) is 1. The van der Waals surface area contributed by atoms with Gasteiger partial charge in [-0.2, -0.15) is 13.2 Å². The van der Waals surface area contributed by atoms with Gasteiger partial charge in [-0.15, -0.1) is 10.2 Å². The van der Waals surface area contributed by atoms with Crippen LogP contribution in [0.1, 0.15) is 47.7 Å². The van der Waals surface area contributed by atoms with Crippen LogP contribution in [0.25, 0.3) is 11.2 Å². The SMILES string of the molecule is CNC(O)Cc1cc([C@H](c2nncn2C)C2CCC2)cc(-n2cc3c(C(F)(F)F)cccn3c2=O)c1. The van der Waals surface area contributed by atoms with Crippen LogP contribution >= 0.6 is 0 Å². The average Bonchev–Trinajstić information content (AvgIpc) is 3.38. The Morgan fingerprint density at radius 1 is 1.25 bits per heavy atom. The van der Waals surface area contributed by atoms with Crippen molar-refractivity contribution in [3.63, 3.8) is 0 Å². The van der Waals surface area contributed by atoms with E-state index in [1.54, 1.807) is 19.4 Å². The second-order valence-corrected chi connectivity index (χ2v) is 9.37. The molecule has 190 valence electrons. The second kappa shape index (κ2) is 9.21. The summed E-state index contributed by atoms with van der Waals surface area (Å²) >= 11 is 0. The van der Waals surface area contributed by atoms with Crippen molar-refractivity contribution in [2.75, 3.05) is 7.05 Å². The zero-order valence-corrected chi connectivity index (χ0v) is 19.9. The first-order chi connectivity index (χ1) is 17.2. The fourth-order valence-electron chi connectivity index (χ4n) is 4.98. The summed E-state index contributed by atoms with van der Waals surface area (Å²) in [5.74, 6) is 1.01. The maximum atomic E-state index is 13.6. The van der Waals surface area contributed by atoms with E-state index in [4.69, 9.17) is 0 Å². The number of aliphatic hydroxyl groups excluding tert-OH is 1. The molecule has 5 rings (SSSR count). The number of halogens is 3. The van der Waals surface area contributed by atoms with E-state index in [1.165, 1.54) is 23.0 Å². The zero-order chi connectivity index (χ0) is 25.6. The van der Waals surface area contributed by atoms with E-state index >= 15 is 0 Å². The third kappa shape index (κ3) is 4.33. The van der Waals surface area contributed by atoms with Crippen molar-refractivity contribution in [3.8, 4) is 5.69 Å². The van der Waals surface area contributed by atoms with E-state index in [0.717, 1.165) is 46.7 Å². The number of nitrogens with one attached hydrogen (secondary N) is 1. The van der Waals surface area contributed by atoms with Gasteiger partial charge in [-0.05, 0) is 61.2 Å². The third-order valence-corrected chi connectivity index (χ3v) is 7.05. The lowest BCUT2D eigenvalue weighted by Gasteiger charge is -2.34. The molecular weight excluding hydrogens is 473 g/mol. The molecule has 3 aromatic heterocycles. The monoisotopic (exact) mass is 500 g/mol. The van der Waals surface area contributed by atoms with Crippen molar-refractivity contribution in [2.45, 2.75) is 44.0 Å². The molecule has 0 bridgehead atoms. The molecule has 2 atom stereocenters. The van der Waals surface area contributed by atoms with Gasteiger partial charge in [0.25, 0.3) is 0 Å². The standard InChI is InChI=1S/C25H27F3N6O2/c1-29-21(35)11-15-9-17(22(16-5-3-6-16)23-31-30-14-32(23)2)12-18(10-15)34-13-20-19(25(26,27)28)7-4-8-33(20)24(34)36/h4,7-10,12-14,16,21-22,29,35H,3,5-6,11H2,1-2H3/t21?,22-/m1/s1. The van der Waals surface area contributed by atoms with Crippen molar-refractivity contribution < 1.29 is 18.3 Å². The van der Waals surface area contributed by atoms with Gasteiger partial charge < -0.3 is 9.67 Å². The summed E-state index contributed by atoms with van der Waals surface area (Å²) in [5, 5.41) is 21.4. The van der Waals surface area contributed by atoms with Crippen LogP contribution in [0.2, 0.25) is 0 Å². The lowest BCUT2D eigenvalue weighted by molar-refractivity contribution is -0.136. The zero-order valence-electron chi connectivity index (χ0n) is 19.9. The normalized spacial score (nSPS) is 16.3. The quantitative estimate of drug-likeness (QED) is 0.381. The third-order valence-electron chi connectivity index (χ3n) is 7.05. The van der Waals surface area contributed by atoms with Crippen LogP contribution in [-0.2, 0) is 19.6 Å². The lowest BCUT2D eigenvalue weighted by Crippen LogP contribution is -2.27. The van der Waals surface area contributed by atoms with Crippen molar-refractivity contribution in [1.29, 1.82) is 0 Å². The first kappa shape index (κ1) is 24.3. The molecule has 1 aliphatic rings. The van der Waals surface area contributed by atoms with E-state index in [1.807, 2.05) is 23.7 Å². The summed E-state index contributed by atoms with van der Waals surface area (Å²) < 4.78 is 45.0. The highest BCUT2D eigenvalue weighted by molar-refractivity contribution is 5.57. The molecule has 11 heteroatoms. The molecule has 1 aliphatic carbocycles. The Labute approximate surface area is 205 Å². The Morgan fingerprint density at radius 2 is 2.03 bits per heavy atom. The number of pyridine rings is 1. The maximum Gasteiger partial charge on any atom is 0.418 e. The number of rotatable bonds is 7. The number of fused-ring (bicyclic) bond motifs is 1. The van der Waals surface area contributed by atoms with Gasteiger partial charge in [0.05, 0.1) is 16.8 Å². The average molecular weight is 501 g/mol. The number of aliphatic hydroxyl groups is 1. The van der Waals surface area contributed by atoms with Gasteiger partial charge in [0, 0.05) is 31.8 Å². The predicted molar refractivity (Wildman–Crippen MR) is 127 cm³/mol. The first-order valence-corrected chi connectivity index (χ1v) is 11.8. The number of nitrogens with zero attached hydrogens (tertiary/aromatic N) is 5. The highest BCUT2D eigenvalue weighted by Crippen LogP contribution is 2.43. The van der Waals surface area contributed by atoms with Crippen molar-refractivity contribution in [1.82, 2.24) is 29.0 Å². The van der Waals surface area contributed by atoms with Gasteiger partial charge in [-0.1, -0.05) is 12.5 Å². The number of alkyl halides is 3. The molecule has 1 saturated carbocycles. The van der Waals surface area contributed by atoms with Crippen LogP contribution in [-0.4, -0.2) is 42.1 Å². The largest absolute Gasteiger partial charge is 0.418 e. The molecule has 36 heavy (non-hydrogen) atoms. The van der Waals surface area contributed by atoms with Gasteiger partial charge in [0.2, 0.25) is 0 Å². The molecule has 1 fully saturated rings. The molecule has 0 radical (unpaired) electrons. The minimum absolute atomic E-state index is 0.102. The van der Waals surface area contributed by atoms with Gasteiger partial charge in [-0.25, -0.2) is 4.79 Å². The van der Waals surface area contributed by atoms with Gasteiger partial charge >= 0.3 is 11.9 Å². The van der Waals surface area contributed by atoms with E-state index in [-0.39, 0.29) is 17.9 Å². The molecule has 2 N–H and O–H groups in total. The minimum Gasteiger partial charge on any atom is -0.378 e.